The number of benzene rings is 2. The Morgan fingerprint density at radius 3 is 2.70 bits per heavy atom. The zero-order valence-corrected chi connectivity index (χ0v) is 13.3. The number of allylic oxidation sites excluding steroid dienone is 1. The van der Waals surface area contributed by atoms with Crippen LogP contribution < -0.4 is 0 Å². The lowest BCUT2D eigenvalue weighted by Gasteiger charge is -2.05. The highest BCUT2D eigenvalue weighted by Crippen LogP contribution is 2.38. The minimum Gasteiger partial charge on any atom is -0.455 e. The second-order valence-corrected chi connectivity index (χ2v) is 5.80. The van der Waals surface area contributed by atoms with Gasteiger partial charge in [0.05, 0.1) is 0 Å². The van der Waals surface area contributed by atoms with Crippen LogP contribution in [-0.4, -0.2) is 0 Å². The number of hydrogen-bond acceptors (Lipinski definition) is 1. The summed E-state index contributed by atoms with van der Waals surface area (Å²) >= 11 is 9.65. The summed E-state index contributed by atoms with van der Waals surface area (Å²) < 4.78 is 7.02. The van der Waals surface area contributed by atoms with E-state index in [9.17, 15) is 0 Å². The molecule has 20 heavy (non-hydrogen) atoms. The molecule has 3 rings (SSSR count). The van der Waals surface area contributed by atoms with Gasteiger partial charge in [-0.2, -0.15) is 0 Å². The molecule has 100 valence electrons. The number of furan rings is 1. The second-order valence-electron chi connectivity index (χ2n) is 4.51. The molecule has 0 radical (unpaired) electrons. The molecule has 1 nitrogen and oxygen atoms in total. The van der Waals surface area contributed by atoms with E-state index in [0.29, 0.717) is 5.02 Å². The topological polar surface area (TPSA) is 13.1 Å². The summed E-state index contributed by atoms with van der Waals surface area (Å²) in [6.07, 6.45) is 5.86. The predicted molar refractivity (Wildman–Crippen MR) is 91.2 cm³/mol. The molecule has 0 unspecified atom stereocenters. The molecule has 0 spiro atoms. The molecule has 0 aliphatic carbocycles. The molecular formula is C17H12BrClO. The van der Waals surface area contributed by atoms with E-state index >= 15 is 0 Å². The van der Waals surface area contributed by atoms with Crippen molar-refractivity contribution in [2.75, 3.05) is 0 Å². The summed E-state index contributed by atoms with van der Waals surface area (Å²) in [6, 6.07) is 7.78. The predicted octanol–water partition coefficient (Wildman–Crippen LogP) is 6.68. The smallest absolute Gasteiger partial charge is 0.143 e. The average Bonchev–Trinajstić information content (AvgIpc) is 2.76. The van der Waals surface area contributed by atoms with Crippen molar-refractivity contribution in [2.24, 2.45) is 0 Å². The Morgan fingerprint density at radius 2 is 2.00 bits per heavy atom. The maximum atomic E-state index is 6.04. The molecule has 1 aromatic heterocycles. The van der Waals surface area contributed by atoms with Crippen LogP contribution in [-0.2, 0) is 0 Å². The van der Waals surface area contributed by atoms with Gasteiger partial charge in [-0.3, -0.25) is 0 Å². The van der Waals surface area contributed by atoms with Crippen molar-refractivity contribution in [1.29, 1.82) is 0 Å². The Bertz CT molecular complexity index is 858. The van der Waals surface area contributed by atoms with Gasteiger partial charge in [-0.25, -0.2) is 0 Å². The van der Waals surface area contributed by atoms with E-state index < -0.39 is 0 Å². The molecular weight excluding hydrogens is 336 g/mol. The van der Waals surface area contributed by atoms with Gasteiger partial charge in [-0.15, -0.1) is 0 Å². The van der Waals surface area contributed by atoms with Gasteiger partial charge >= 0.3 is 0 Å². The van der Waals surface area contributed by atoms with Gasteiger partial charge in [-0.05, 0) is 30.7 Å². The molecule has 0 atom stereocenters. The minimum atomic E-state index is 0.673. The van der Waals surface area contributed by atoms with Crippen LogP contribution in [0.25, 0.3) is 34.1 Å². The van der Waals surface area contributed by atoms with E-state index in [4.69, 9.17) is 16.0 Å². The quantitative estimate of drug-likeness (QED) is 0.504. The summed E-state index contributed by atoms with van der Waals surface area (Å²) in [5, 5.41) is 2.81. The SMILES string of the molecule is C=Cc1c(Br)cc2c(oc3cc(Cl)ccc32)c1/C=C\C. The molecule has 3 aromatic rings. The third-order valence-electron chi connectivity index (χ3n) is 3.29. The standard InChI is InChI=1S/C17H12BrClO/c1-3-5-13-11(4-2)15(18)9-14-12-7-6-10(19)8-16(12)20-17(13)14/h3-9H,2H2,1H3/b5-3-. The van der Waals surface area contributed by atoms with Gasteiger partial charge in [0.15, 0.2) is 0 Å². The Balaban J connectivity index is 2.53. The highest BCUT2D eigenvalue weighted by Gasteiger charge is 2.14. The molecule has 0 fully saturated rings. The first-order valence-corrected chi connectivity index (χ1v) is 7.42. The molecule has 0 saturated heterocycles. The molecule has 1 heterocycles. The molecule has 2 aromatic carbocycles. The molecule has 0 aliphatic rings. The minimum absolute atomic E-state index is 0.673. The molecule has 3 heteroatoms. The maximum absolute atomic E-state index is 6.04. The van der Waals surface area contributed by atoms with E-state index in [1.807, 2.05) is 43.4 Å². The molecule has 0 N–H and O–H groups in total. The van der Waals surface area contributed by atoms with Crippen LogP contribution in [0.3, 0.4) is 0 Å². The van der Waals surface area contributed by atoms with Crippen LogP contribution in [0.1, 0.15) is 18.1 Å². The van der Waals surface area contributed by atoms with E-state index in [0.717, 1.165) is 37.5 Å². The number of fused-ring (bicyclic) bond motifs is 3. The number of halogens is 2. The normalized spacial score (nSPS) is 11.8. The summed E-state index contributed by atoms with van der Waals surface area (Å²) in [7, 11) is 0. The van der Waals surface area contributed by atoms with Gasteiger partial charge in [0, 0.05) is 31.9 Å². The van der Waals surface area contributed by atoms with Gasteiger partial charge in [0.25, 0.3) is 0 Å². The number of rotatable bonds is 2. The van der Waals surface area contributed by atoms with Gasteiger partial charge < -0.3 is 4.42 Å². The fraction of sp³-hybridized carbons (Fsp3) is 0.0588. The molecule has 0 bridgehead atoms. The van der Waals surface area contributed by atoms with Crippen molar-refractivity contribution in [3.05, 3.63) is 57.5 Å². The maximum Gasteiger partial charge on any atom is 0.143 e. The number of hydrogen-bond donors (Lipinski definition) is 0. The Hall–Kier alpha value is -1.51. The van der Waals surface area contributed by atoms with Crippen LogP contribution in [0.4, 0.5) is 0 Å². The lowest BCUT2D eigenvalue weighted by Crippen LogP contribution is -1.84. The first kappa shape index (κ1) is 13.5. The summed E-state index contributed by atoms with van der Waals surface area (Å²) in [5.41, 5.74) is 3.71. The lowest BCUT2D eigenvalue weighted by atomic mass is 10.0. The fourth-order valence-electron chi connectivity index (χ4n) is 2.43. The van der Waals surface area contributed by atoms with Crippen molar-refractivity contribution in [2.45, 2.75) is 6.92 Å². The highest BCUT2D eigenvalue weighted by molar-refractivity contribution is 9.10. The van der Waals surface area contributed by atoms with Crippen LogP contribution >= 0.6 is 27.5 Å². The van der Waals surface area contributed by atoms with Crippen LogP contribution in [0, 0.1) is 0 Å². The third-order valence-corrected chi connectivity index (χ3v) is 4.18. The Kier molecular flexibility index (Phi) is 3.45. The zero-order chi connectivity index (χ0) is 14.3. The first-order valence-electron chi connectivity index (χ1n) is 6.25. The van der Waals surface area contributed by atoms with E-state index in [1.54, 1.807) is 0 Å². The molecule has 0 saturated carbocycles. The molecule has 0 aliphatic heterocycles. The molecule has 0 amide bonds. The van der Waals surface area contributed by atoms with E-state index in [-0.39, 0.29) is 0 Å². The van der Waals surface area contributed by atoms with Gasteiger partial charge in [0.1, 0.15) is 11.2 Å². The van der Waals surface area contributed by atoms with Crippen molar-refractivity contribution in [3.8, 4) is 0 Å². The van der Waals surface area contributed by atoms with Gasteiger partial charge in [-0.1, -0.05) is 52.3 Å². The summed E-state index contributed by atoms with van der Waals surface area (Å²) in [6.45, 7) is 5.87. The van der Waals surface area contributed by atoms with Crippen molar-refractivity contribution in [1.82, 2.24) is 0 Å². The average molecular weight is 348 g/mol. The van der Waals surface area contributed by atoms with Crippen molar-refractivity contribution in [3.63, 3.8) is 0 Å². The largest absolute Gasteiger partial charge is 0.455 e. The second kappa shape index (κ2) is 5.12. The van der Waals surface area contributed by atoms with Crippen molar-refractivity contribution >= 4 is 61.6 Å². The lowest BCUT2D eigenvalue weighted by molar-refractivity contribution is 0.668. The third kappa shape index (κ3) is 2.00. The fourth-order valence-corrected chi connectivity index (χ4v) is 3.20. The van der Waals surface area contributed by atoms with Crippen molar-refractivity contribution < 1.29 is 4.42 Å². The van der Waals surface area contributed by atoms with E-state index in [1.165, 1.54) is 0 Å². The monoisotopic (exact) mass is 346 g/mol. The Labute approximate surface area is 130 Å². The zero-order valence-electron chi connectivity index (χ0n) is 10.9. The van der Waals surface area contributed by atoms with Crippen LogP contribution in [0.15, 0.2) is 45.8 Å². The highest BCUT2D eigenvalue weighted by atomic mass is 79.9. The Morgan fingerprint density at radius 1 is 1.20 bits per heavy atom. The summed E-state index contributed by atoms with van der Waals surface area (Å²) in [5.74, 6) is 0. The van der Waals surface area contributed by atoms with Crippen LogP contribution in [0.5, 0.6) is 0 Å². The van der Waals surface area contributed by atoms with E-state index in [2.05, 4.69) is 28.6 Å². The van der Waals surface area contributed by atoms with Gasteiger partial charge in [0.2, 0.25) is 0 Å². The van der Waals surface area contributed by atoms with Crippen LogP contribution in [0.2, 0.25) is 5.02 Å². The first-order chi connectivity index (χ1) is 9.65. The summed E-state index contributed by atoms with van der Waals surface area (Å²) in [4.78, 5) is 0.